The van der Waals surface area contributed by atoms with Crippen LogP contribution in [0.2, 0.25) is 0 Å². The monoisotopic (exact) mass is 399 g/mol. The lowest BCUT2D eigenvalue weighted by molar-refractivity contribution is 0.324. The number of methoxy groups -OCH3 is 4. The van der Waals surface area contributed by atoms with Crippen LogP contribution < -0.4 is 29.6 Å². The van der Waals surface area contributed by atoms with Crippen LogP contribution in [0.1, 0.15) is 0 Å². The van der Waals surface area contributed by atoms with E-state index in [1.807, 2.05) is 0 Å². The number of hydrogen-bond donors (Lipinski definition) is 3. The number of nitrogens with one attached hydrogen (secondary N) is 2. The standard InChI is InChI=1S/C19H21N5O5/c1-26-14-6-5-11(7-13(14)25)22-18-20-10-21-19(24-18)23-12-8-15(27-2)17(29-4)16(9-12)28-3/h5-10,25H,1-4H3,(H2,20,21,22,23,24). The summed E-state index contributed by atoms with van der Waals surface area (Å²) in [6, 6.07) is 8.34. The van der Waals surface area contributed by atoms with E-state index < -0.39 is 0 Å². The Bertz CT molecular complexity index is 973. The van der Waals surface area contributed by atoms with Crippen molar-refractivity contribution in [3.05, 3.63) is 36.7 Å². The number of rotatable bonds is 8. The number of benzene rings is 2. The maximum atomic E-state index is 9.90. The number of aromatic hydroxyl groups is 1. The predicted molar refractivity (Wildman–Crippen MR) is 107 cm³/mol. The van der Waals surface area contributed by atoms with Crippen LogP contribution in [0, 0.1) is 0 Å². The minimum Gasteiger partial charge on any atom is -0.504 e. The van der Waals surface area contributed by atoms with Crippen LogP contribution in [0.15, 0.2) is 36.7 Å². The van der Waals surface area contributed by atoms with Crippen molar-refractivity contribution in [1.82, 2.24) is 15.0 Å². The zero-order chi connectivity index (χ0) is 20.8. The van der Waals surface area contributed by atoms with Gasteiger partial charge in [-0.2, -0.15) is 4.98 Å². The van der Waals surface area contributed by atoms with Gasteiger partial charge in [0.1, 0.15) is 6.33 Å². The largest absolute Gasteiger partial charge is 0.504 e. The first-order chi connectivity index (χ1) is 14.1. The Morgan fingerprint density at radius 2 is 1.31 bits per heavy atom. The molecule has 0 saturated heterocycles. The van der Waals surface area contributed by atoms with Gasteiger partial charge in [-0.1, -0.05) is 0 Å². The van der Waals surface area contributed by atoms with E-state index in [0.717, 1.165) is 0 Å². The van der Waals surface area contributed by atoms with Crippen molar-refractivity contribution in [2.24, 2.45) is 0 Å². The predicted octanol–water partition coefficient (Wildman–Crippen LogP) is 3.10. The summed E-state index contributed by atoms with van der Waals surface area (Å²) in [5, 5.41) is 16.0. The summed E-state index contributed by atoms with van der Waals surface area (Å²) in [5.74, 6) is 2.44. The van der Waals surface area contributed by atoms with Gasteiger partial charge in [-0.15, -0.1) is 0 Å². The van der Waals surface area contributed by atoms with Crippen LogP contribution in [0.5, 0.6) is 28.7 Å². The second-order valence-corrected chi connectivity index (χ2v) is 5.68. The van der Waals surface area contributed by atoms with Crippen LogP contribution in [-0.2, 0) is 0 Å². The lowest BCUT2D eigenvalue weighted by Gasteiger charge is -2.14. The zero-order valence-corrected chi connectivity index (χ0v) is 16.4. The van der Waals surface area contributed by atoms with E-state index in [4.69, 9.17) is 18.9 Å². The molecule has 0 saturated carbocycles. The molecule has 1 heterocycles. The first kappa shape index (κ1) is 19.8. The van der Waals surface area contributed by atoms with E-state index in [1.54, 1.807) is 24.3 Å². The van der Waals surface area contributed by atoms with Gasteiger partial charge in [-0.05, 0) is 12.1 Å². The molecule has 0 atom stereocenters. The number of aromatic nitrogens is 3. The van der Waals surface area contributed by atoms with Crippen LogP contribution in [0.25, 0.3) is 0 Å². The first-order valence-electron chi connectivity index (χ1n) is 8.48. The lowest BCUT2D eigenvalue weighted by atomic mass is 10.2. The molecule has 0 bridgehead atoms. The van der Waals surface area contributed by atoms with Gasteiger partial charge in [0.25, 0.3) is 0 Å². The molecule has 3 rings (SSSR count). The third kappa shape index (κ3) is 4.49. The molecule has 1 aromatic heterocycles. The third-order valence-corrected chi connectivity index (χ3v) is 3.93. The van der Waals surface area contributed by atoms with Crippen molar-refractivity contribution in [1.29, 1.82) is 0 Å². The Labute approximate surface area is 167 Å². The van der Waals surface area contributed by atoms with E-state index in [9.17, 15) is 5.11 Å². The van der Waals surface area contributed by atoms with Gasteiger partial charge in [0, 0.05) is 29.6 Å². The van der Waals surface area contributed by atoms with Crippen molar-refractivity contribution in [3.63, 3.8) is 0 Å². The summed E-state index contributed by atoms with van der Waals surface area (Å²) < 4.78 is 21.0. The third-order valence-electron chi connectivity index (χ3n) is 3.93. The van der Waals surface area contributed by atoms with E-state index in [0.29, 0.717) is 46.3 Å². The van der Waals surface area contributed by atoms with Gasteiger partial charge in [0.05, 0.1) is 28.4 Å². The molecule has 0 aliphatic heterocycles. The van der Waals surface area contributed by atoms with E-state index in [2.05, 4.69) is 25.6 Å². The normalized spacial score (nSPS) is 10.2. The molecule has 0 fully saturated rings. The number of hydrogen-bond acceptors (Lipinski definition) is 10. The molecule has 2 aromatic carbocycles. The molecule has 0 spiro atoms. The second kappa shape index (κ2) is 8.83. The van der Waals surface area contributed by atoms with Crippen LogP contribution >= 0.6 is 0 Å². The first-order valence-corrected chi connectivity index (χ1v) is 8.48. The van der Waals surface area contributed by atoms with Gasteiger partial charge in [0.15, 0.2) is 23.0 Å². The van der Waals surface area contributed by atoms with Crippen LogP contribution in [0.3, 0.4) is 0 Å². The highest BCUT2D eigenvalue weighted by Crippen LogP contribution is 2.40. The Morgan fingerprint density at radius 1 is 0.724 bits per heavy atom. The van der Waals surface area contributed by atoms with Crippen molar-refractivity contribution in [3.8, 4) is 28.7 Å². The highest BCUT2D eigenvalue weighted by molar-refractivity contribution is 5.66. The van der Waals surface area contributed by atoms with E-state index in [1.165, 1.54) is 40.8 Å². The molecule has 0 aliphatic carbocycles. The van der Waals surface area contributed by atoms with Crippen LogP contribution in [0.4, 0.5) is 23.3 Å². The summed E-state index contributed by atoms with van der Waals surface area (Å²) in [5.41, 5.74) is 1.23. The number of phenols is 1. The molecule has 29 heavy (non-hydrogen) atoms. The maximum Gasteiger partial charge on any atom is 0.232 e. The lowest BCUT2D eigenvalue weighted by Crippen LogP contribution is -2.03. The summed E-state index contributed by atoms with van der Waals surface area (Å²) in [6.07, 6.45) is 1.36. The minimum absolute atomic E-state index is 0.00216. The Kier molecular flexibility index (Phi) is 6.03. The van der Waals surface area contributed by atoms with Crippen molar-refractivity contribution < 1.29 is 24.1 Å². The molecule has 10 heteroatoms. The van der Waals surface area contributed by atoms with Gasteiger partial charge >= 0.3 is 0 Å². The highest BCUT2D eigenvalue weighted by atomic mass is 16.5. The molecule has 0 amide bonds. The average Bonchev–Trinajstić information content (AvgIpc) is 2.73. The quantitative estimate of drug-likeness (QED) is 0.521. The number of nitrogens with zero attached hydrogens (tertiary/aromatic N) is 3. The average molecular weight is 399 g/mol. The minimum atomic E-state index is 0.00216. The fourth-order valence-electron chi connectivity index (χ4n) is 2.60. The summed E-state index contributed by atoms with van der Waals surface area (Å²) in [4.78, 5) is 12.5. The number of ether oxygens (including phenoxy) is 4. The topological polar surface area (TPSA) is 120 Å². The SMILES string of the molecule is COc1ccc(Nc2ncnc(Nc3cc(OC)c(OC)c(OC)c3)n2)cc1O. The van der Waals surface area contributed by atoms with Gasteiger partial charge in [0.2, 0.25) is 17.6 Å². The van der Waals surface area contributed by atoms with E-state index >= 15 is 0 Å². The van der Waals surface area contributed by atoms with Crippen LogP contribution in [-0.4, -0.2) is 48.5 Å². The Balaban J connectivity index is 1.82. The summed E-state index contributed by atoms with van der Waals surface area (Å²) in [7, 11) is 6.09. The van der Waals surface area contributed by atoms with Crippen molar-refractivity contribution >= 4 is 23.3 Å². The smallest absolute Gasteiger partial charge is 0.232 e. The van der Waals surface area contributed by atoms with Crippen molar-refractivity contribution in [2.75, 3.05) is 39.1 Å². The maximum absolute atomic E-state index is 9.90. The van der Waals surface area contributed by atoms with Gasteiger partial charge in [-0.3, -0.25) is 0 Å². The molecule has 3 aromatic rings. The summed E-state index contributed by atoms with van der Waals surface area (Å²) >= 11 is 0. The molecule has 3 N–H and O–H groups in total. The molecule has 152 valence electrons. The number of anilines is 4. The molecule has 0 aliphatic rings. The number of phenolic OH excluding ortho intramolecular Hbond substituents is 1. The Hall–Kier alpha value is -3.95. The highest BCUT2D eigenvalue weighted by Gasteiger charge is 2.14. The van der Waals surface area contributed by atoms with Gasteiger partial charge in [-0.25, -0.2) is 9.97 Å². The molecular weight excluding hydrogens is 378 g/mol. The molecule has 0 unspecified atom stereocenters. The molecule has 0 radical (unpaired) electrons. The second-order valence-electron chi connectivity index (χ2n) is 5.68. The molecular formula is C19H21N5O5. The summed E-state index contributed by atoms with van der Waals surface area (Å²) in [6.45, 7) is 0. The van der Waals surface area contributed by atoms with Crippen molar-refractivity contribution in [2.45, 2.75) is 0 Å². The zero-order valence-electron chi connectivity index (χ0n) is 16.4. The fourth-order valence-corrected chi connectivity index (χ4v) is 2.60. The van der Waals surface area contributed by atoms with Gasteiger partial charge < -0.3 is 34.7 Å². The Morgan fingerprint density at radius 3 is 1.83 bits per heavy atom. The molecule has 10 nitrogen and oxygen atoms in total. The van der Waals surface area contributed by atoms with E-state index in [-0.39, 0.29) is 5.75 Å². The fraction of sp³-hybridized carbons (Fsp3) is 0.211.